The van der Waals surface area contributed by atoms with Crippen molar-refractivity contribution in [3.63, 3.8) is 0 Å². The minimum atomic E-state index is -1.35. The number of halogens is 1. The Kier molecular flexibility index (Phi) is 14.1. The fourth-order valence-corrected chi connectivity index (χ4v) is 5.31. The molecule has 4 nitrogen and oxygen atoms in total. The molecule has 2 heterocycles. The molecule has 0 fully saturated rings. The molecule has 0 spiro atoms. The number of pyridine rings is 2. The summed E-state index contributed by atoms with van der Waals surface area (Å²) in [5.41, 5.74) is 9.81. The predicted octanol–water partition coefficient (Wildman–Crippen LogP) is 9.58. The lowest BCUT2D eigenvalue weighted by molar-refractivity contribution is 0.426. The van der Waals surface area contributed by atoms with Crippen molar-refractivity contribution < 1.29 is 10.0 Å². The van der Waals surface area contributed by atoms with Crippen LogP contribution in [0.5, 0.6) is 0 Å². The Morgan fingerprint density at radius 2 is 0.979 bits per heavy atom. The van der Waals surface area contributed by atoms with E-state index in [1.807, 2.05) is 72.9 Å². The molecule has 6 aromatic rings. The third kappa shape index (κ3) is 11.9. The molecule has 0 atom stereocenters. The monoisotopic (exact) mass is 654 g/mol. The van der Waals surface area contributed by atoms with Crippen LogP contribution in [-0.2, 0) is 12.8 Å². The van der Waals surface area contributed by atoms with Crippen molar-refractivity contribution in [3.8, 4) is 33.6 Å². The van der Waals surface area contributed by atoms with E-state index < -0.39 is 7.12 Å². The number of rotatable bonds is 8. The van der Waals surface area contributed by atoms with Gasteiger partial charge in [-0.05, 0) is 76.7 Å². The molecule has 6 heteroatoms. The third-order valence-electron chi connectivity index (χ3n) is 7.47. The van der Waals surface area contributed by atoms with Crippen LogP contribution in [0, 0.1) is 11.8 Å². The number of aromatic nitrogens is 2. The van der Waals surface area contributed by atoms with Gasteiger partial charge in [0.25, 0.3) is 0 Å². The van der Waals surface area contributed by atoms with Crippen molar-refractivity contribution in [2.24, 2.45) is 11.8 Å². The summed E-state index contributed by atoms with van der Waals surface area (Å²) < 4.78 is 0. The van der Waals surface area contributed by atoms with Gasteiger partial charge >= 0.3 is 7.12 Å². The second kappa shape index (κ2) is 18.7. The fraction of sp³-hybridized carbons (Fsp3) is 0.190. The molecule has 2 N–H and O–H groups in total. The summed E-state index contributed by atoms with van der Waals surface area (Å²) in [5, 5.41) is 18.4. The topological polar surface area (TPSA) is 66.2 Å². The number of nitrogens with zero attached hydrogens (tertiary/aromatic N) is 2. The molecule has 0 aliphatic rings. The van der Waals surface area contributed by atoms with E-state index in [4.69, 9.17) is 21.6 Å². The number of hydrogen-bond acceptors (Lipinski definition) is 4. The Morgan fingerprint density at radius 1 is 0.521 bits per heavy atom. The average molecular weight is 655 g/mol. The van der Waals surface area contributed by atoms with Gasteiger partial charge < -0.3 is 10.0 Å². The van der Waals surface area contributed by atoms with Crippen molar-refractivity contribution >= 4 is 24.2 Å². The van der Waals surface area contributed by atoms with E-state index in [1.54, 1.807) is 24.4 Å². The van der Waals surface area contributed by atoms with Crippen LogP contribution in [0.4, 0.5) is 0 Å². The van der Waals surface area contributed by atoms with Crippen molar-refractivity contribution in [1.82, 2.24) is 9.97 Å². The molecule has 0 saturated heterocycles. The Bertz CT molecular complexity index is 1790. The smallest absolute Gasteiger partial charge is 0.423 e. The number of benzene rings is 4. The maximum absolute atomic E-state index is 8.85. The van der Waals surface area contributed by atoms with Gasteiger partial charge in [-0.25, -0.2) is 0 Å². The minimum Gasteiger partial charge on any atom is -0.423 e. The minimum absolute atomic E-state index is 0.549. The summed E-state index contributed by atoms with van der Waals surface area (Å²) in [6.07, 6.45) is 5.76. The molecule has 0 unspecified atom stereocenters. The van der Waals surface area contributed by atoms with Crippen LogP contribution in [0.15, 0.2) is 146 Å². The predicted molar refractivity (Wildman–Crippen MR) is 203 cm³/mol. The molecule has 0 saturated carbocycles. The van der Waals surface area contributed by atoms with Crippen LogP contribution in [0.2, 0.25) is 5.02 Å². The summed E-state index contributed by atoms with van der Waals surface area (Å²) in [5.74, 6) is 1.32. The third-order valence-corrected chi connectivity index (χ3v) is 7.71. The zero-order valence-corrected chi connectivity index (χ0v) is 28.9. The van der Waals surface area contributed by atoms with E-state index in [-0.39, 0.29) is 0 Å². The van der Waals surface area contributed by atoms with E-state index in [2.05, 4.69) is 86.2 Å². The lowest BCUT2D eigenvalue weighted by Gasteiger charge is -2.08. The van der Waals surface area contributed by atoms with Crippen molar-refractivity contribution in [2.75, 3.05) is 0 Å². The van der Waals surface area contributed by atoms with Crippen LogP contribution in [-0.4, -0.2) is 27.1 Å². The molecule has 0 radical (unpaired) electrons. The molecule has 48 heavy (non-hydrogen) atoms. The van der Waals surface area contributed by atoms with Gasteiger partial charge in [-0.2, -0.15) is 0 Å². The largest absolute Gasteiger partial charge is 0.488 e. The van der Waals surface area contributed by atoms with Gasteiger partial charge in [0.15, 0.2) is 0 Å². The summed E-state index contributed by atoms with van der Waals surface area (Å²) in [7, 11) is -1.35. The Hall–Kier alpha value is -4.55. The lowest BCUT2D eigenvalue weighted by atomic mass is 9.80. The van der Waals surface area contributed by atoms with Crippen molar-refractivity contribution in [2.45, 2.75) is 40.5 Å². The Morgan fingerprint density at radius 3 is 1.44 bits per heavy atom. The first kappa shape index (κ1) is 36.3. The molecule has 6 rings (SSSR count). The number of hydrogen-bond donors (Lipinski definition) is 2. The Labute approximate surface area is 291 Å². The molecule has 4 aromatic carbocycles. The second-order valence-electron chi connectivity index (χ2n) is 12.5. The van der Waals surface area contributed by atoms with Gasteiger partial charge in [0, 0.05) is 28.5 Å². The van der Waals surface area contributed by atoms with Crippen LogP contribution in [0.1, 0.15) is 38.8 Å². The molecule has 0 aliphatic carbocycles. The highest BCUT2D eigenvalue weighted by Crippen LogP contribution is 2.25. The molecular weight excluding hydrogens is 611 g/mol. The van der Waals surface area contributed by atoms with Gasteiger partial charge in [0.1, 0.15) is 0 Å². The average Bonchev–Trinajstić information content (AvgIpc) is 3.10. The standard InChI is InChI=1S/C21H21N.C11H8ClN.C10H15BO2/c1-16(2)14-17-8-10-18(11-9-17)20-12-13-22-21(15-20)19-6-4-3-5-7-19;12-10-6-7-13-11(8-10)9-4-2-1-3-5-9;1-8(2)7-9-3-5-10(6-4-9)11(12)13/h3-13,15-16H,14H2,1-2H3;1-8H;3-6,8,12-13H,7H2,1-2H3. The van der Waals surface area contributed by atoms with Gasteiger partial charge in [-0.15, -0.1) is 0 Å². The van der Waals surface area contributed by atoms with E-state index in [9.17, 15) is 0 Å². The van der Waals surface area contributed by atoms with Gasteiger partial charge in [-0.3, -0.25) is 9.97 Å². The SMILES string of the molecule is CC(C)Cc1ccc(-c2ccnc(-c3ccccc3)c2)cc1.CC(C)Cc1ccc(B(O)O)cc1.Clc1ccnc(-c2ccccc2)c1. The maximum atomic E-state index is 8.85. The molecule has 0 amide bonds. The lowest BCUT2D eigenvalue weighted by Crippen LogP contribution is -2.29. The van der Waals surface area contributed by atoms with E-state index >= 15 is 0 Å². The quantitative estimate of drug-likeness (QED) is 0.160. The fourth-order valence-electron chi connectivity index (χ4n) is 5.15. The maximum Gasteiger partial charge on any atom is 0.488 e. The van der Waals surface area contributed by atoms with Crippen LogP contribution in [0.25, 0.3) is 33.6 Å². The van der Waals surface area contributed by atoms with Crippen molar-refractivity contribution in [1.29, 1.82) is 0 Å². The summed E-state index contributed by atoms with van der Waals surface area (Å²) >= 11 is 5.85. The highest BCUT2D eigenvalue weighted by atomic mass is 35.5. The van der Waals surface area contributed by atoms with Gasteiger partial charge in [-0.1, -0.05) is 148 Å². The summed E-state index contributed by atoms with van der Waals surface area (Å²) in [6.45, 7) is 8.83. The van der Waals surface area contributed by atoms with Crippen LogP contribution in [0.3, 0.4) is 0 Å². The first-order valence-electron chi connectivity index (χ1n) is 16.4. The van der Waals surface area contributed by atoms with Crippen molar-refractivity contribution in [3.05, 3.63) is 162 Å². The highest BCUT2D eigenvalue weighted by Gasteiger charge is 2.10. The zero-order valence-electron chi connectivity index (χ0n) is 28.2. The van der Waals surface area contributed by atoms with E-state index in [0.29, 0.717) is 22.3 Å². The molecule has 0 bridgehead atoms. The van der Waals surface area contributed by atoms with Gasteiger partial charge in [0.2, 0.25) is 0 Å². The van der Waals surface area contributed by atoms with E-state index in [1.165, 1.54) is 22.3 Å². The highest BCUT2D eigenvalue weighted by molar-refractivity contribution is 6.58. The Balaban J connectivity index is 0.000000173. The molecular formula is C42H44BClN2O2. The van der Waals surface area contributed by atoms with Gasteiger partial charge in [0.05, 0.1) is 11.4 Å². The first-order chi connectivity index (χ1) is 23.2. The second-order valence-corrected chi connectivity index (χ2v) is 13.0. The summed E-state index contributed by atoms with van der Waals surface area (Å²) in [6, 6.07) is 44.4. The van der Waals surface area contributed by atoms with E-state index in [0.717, 1.165) is 35.4 Å². The zero-order chi connectivity index (χ0) is 34.3. The van der Waals surface area contributed by atoms with Crippen LogP contribution >= 0.6 is 11.6 Å². The normalized spacial score (nSPS) is 10.5. The molecule has 2 aromatic heterocycles. The first-order valence-corrected chi connectivity index (χ1v) is 16.8. The van der Waals surface area contributed by atoms with Crippen LogP contribution < -0.4 is 5.46 Å². The summed E-state index contributed by atoms with van der Waals surface area (Å²) in [4.78, 5) is 8.72. The molecule has 0 aliphatic heterocycles. The molecule has 244 valence electrons.